The quantitative estimate of drug-likeness (QED) is 0.255. The van der Waals surface area contributed by atoms with Crippen LogP contribution >= 0.6 is 32.9 Å². The molecule has 30 heavy (non-hydrogen) atoms. The number of carbonyl (C=O) groups is 1. The van der Waals surface area contributed by atoms with E-state index in [9.17, 15) is 4.79 Å². The highest BCUT2D eigenvalue weighted by Crippen LogP contribution is 2.52. The number of benzene rings is 2. The van der Waals surface area contributed by atoms with E-state index in [-0.39, 0.29) is 5.91 Å². The van der Waals surface area contributed by atoms with E-state index in [1.54, 1.807) is 41.0 Å². The predicted octanol–water partition coefficient (Wildman–Crippen LogP) is 6.52. The van der Waals surface area contributed by atoms with Crippen LogP contribution in [0.4, 0.5) is 5.69 Å². The summed E-state index contributed by atoms with van der Waals surface area (Å²) in [5, 5.41) is 0. The number of ether oxygens (including phenoxy) is 2. The van der Waals surface area contributed by atoms with Gasteiger partial charge in [-0.05, 0) is 55.8 Å². The van der Waals surface area contributed by atoms with E-state index in [1.165, 1.54) is 0 Å². The summed E-state index contributed by atoms with van der Waals surface area (Å²) in [6, 6.07) is 13.4. The maximum Gasteiger partial charge on any atom is 0.251 e. The molecule has 1 aromatic heterocycles. The van der Waals surface area contributed by atoms with Gasteiger partial charge in [-0.25, -0.2) is 0 Å². The fourth-order valence-electron chi connectivity index (χ4n) is 3.69. The molecule has 154 valence electrons. The van der Waals surface area contributed by atoms with Crippen molar-refractivity contribution >= 4 is 50.6 Å². The first-order valence-electron chi connectivity index (χ1n) is 9.35. The topological polar surface area (TPSA) is 38.8 Å². The zero-order valence-corrected chi connectivity index (χ0v) is 19.5. The Bertz CT molecular complexity index is 1190. The van der Waals surface area contributed by atoms with Gasteiger partial charge in [0.05, 0.1) is 30.3 Å². The molecule has 2 heterocycles. The molecule has 0 aliphatic carbocycles. The van der Waals surface area contributed by atoms with Crippen molar-refractivity contribution in [3.63, 3.8) is 0 Å². The van der Waals surface area contributed by atoms with Crippen LogP contribution in [0.25, 0.3) is 17.2 Å². The number of hydrogen-bond acceptors (Lipinski definition) is 6. The molecule has 1 amide bonds. The van der Waals surface area contributed by atoms with Crippen molar-refractivity contribution < 1.29 is 14.3 Å². The number of carbonyl (C=O) groups excluding carboxylic acids is 1. The van der Waals surface area contributed by atoms with Gasteiger partial charge >= 0.3 is 0 Å². The summed E-state index contributed by atoms with van der Waals surface area (Å²) in [5.74, 6) is 1.44. The fourth-order valence-corrected chi connectivity index (χ4v) is 6.97. The second-order valence-corrected chi connectivity index (χ2v) is 10.2. The Morgan fingerprint density at radius 3 is 2.37 bits per heavy atom. The van der Waals surface area contributed by atoms with Gasteiger partial charge in [-0.2, -0.15) is 0 Å². The van der Waals surface area contributed by atoms with Crippen molar-refractivity contribution in [2.45, 2.75) is 19.4 Å². The van der Waals surface area contributed by atoms with Gasteiger partial charge in [0.1, 0.15) is 15.3 Å². The second kappa shape index (κ2) is 7.98. The second-order valence-electron chi connectivity index (χ2n) is 7.38. The first-order valence-corrected chi connectivity index (χ1v) is 11.9. The lowest BCUT2D eigenvalue weighted by atomic mass is 9.87. The third kappa shape index (κ3) is 3.47. The maximum atomic E-state index is 13.4. The van der Waals surface area contributed by atoms with Crippen molar-refractivity contribution in [3.05, 3.63) is 62.8 Å². The highest BCUT2D eigenvalue weighted by Gasteiger charge is 2.42. The van der Waals surface area contributed by atoms with Gasteiger partial charge in [0, 0.05) is 17.2 Å². The Kier molecular flexibility index (Phi) is 5.53. The third-order valence-electron chi connectivity index (χ3n) is 5.22. The molecule has 0 unspecified atom stereocenters. The van der Waals surface area contributed by atoms with Crippen molar-refractivity contribution in [1.29, 1.82) is 0 Å². The van der Waals surface area contributed by atoms with Crippen LogP contribution in [0.5, 0.6) is 11.5 Å². The van der Waals surface area contributed by atoms with Crippen LogP contribution < -0.4 is 14.4 Å². The summed E-state index contributed by atoms with van der Waals surface area (Å²) in [5.41, 5.74) is 3.24. The lowest BCUT2D eigenvalue weighted by Crippen LogP contribution is -2.47. The van der Waals surface area contributed by atoms with E-state index < -0.39 is 5.54 Å². The van der Waals surface area contributed by atoms with Crippen LogP contribution in [0.1, 0.15) is 24.3 Å². The molecular weight excluding hydrogens is 434 g/mol. The zero-order valence-electron chi connectivity index (χ0n) is 17.1. The van der Waals surface area contributed by atoms with Crippen molar-refractivity contribution in [1.82, 2.24) is 0 Å². The number of anilines is 1. The summed E-state index contributed by atoms with van der Waals surface area (Å²) in [4.78, 5) is 16.4. The highest BCUT2D eigenvalue weighted by molar-refractivity contribution is 7.80. The smallest absolute Gasteiger partial charge is 0.251 e. The van der Waals surface area contributed by atoms with Crippen LogP contribution in [0, 0.1) is 3.82 Å². The lowest BCUT2D eigenvalue weighted by molar-refractivity contribution is -0.115. The van der Waals surface area contributed by atoms with Crippen LogP contribution in [0.15, 0.2) is 48.5 Å². The molecule has 3 aromatic rings. The maximum absolute atomic E-state index is 13.4. The summed E-state index contributed by atoms with van der Waals surface area (Å²) < 4.78 is 11.5. The monoisotopic (exact) mass is 455 g/mol. The normalized spacial score (nSPS) is 14.3. The van der Waals surface area contributed by atoms with Gasteiger partial charge in [0.15, 0.2) is 0 Å². The number of nitrogens with zero attached hydrogens (tertiary/aromatic N) is 1. The first kappa shape index (κ1) is 20.8. The standard InChI is InChI=1S/C23H21NO3S3/c1-23(2)21-20(22(28)30-29-21)17-13-16(27-4)10-11-18(17)24(23)19(25)12-7-14-5-8-15(26-3)9-6-14/h5-13H,1-4H3. The number of hydrogen-bond donors (Lipinski definition) is 0. The van der Waals surface area contributed by atoms with Crippen molar-refractivity contribution in [3.8, 4) is 22.6 Å². The van der Waals surface area contributed by atoms with Gasteiger partial charge < -0.3 is 9.47 Å². The summed E-state index contributed by atoms with van der Waals surface area (Å²) in [6.07, 6.45) is 3.44. The molecule has 0 bridgehead atoms. The van der Waals surface area contributed by atoms with E-state index in [4.69, 9.17) is 21.7 Å². The third-order valence-corrected chi connectivity index (χ3v) is 8.54. The van der Waals surface area contributed by atoms with E-state index in [1.807, 2.05) is 53.4 Å². The fraction of sp³-hybridized carbons (Fsp3) is 0.217. The van der Waals surface area contributed by atoms with Gasteiger partial charge in [0.2, 0.25) is 0 Å². The number of amides is 1. The molecule has 0 saturated carbocycles. The SMILES string of the molecule is COc1ccc(C=CC(=O)N2c3ccc(OC)cc3-c3c(ssc3=S)C2(C)C)cc1. The van der Waals surface area contributed by atoms with E-state index >= 15 is 0 Å². The number of rotatable bonds is 4. The van der Waals surface area contributed by atoms with Gasteiger partial charge in [-0.1, -0.05) is 45.0 Å². The Morgan fingerprint density at radius 1 is 1.03 bits per heavy atom. The minimum absolute atomic E-state index is 0.0859. The molecular formula is C23H21NO3S3. The Balaban J connectivity index is 1.78. The molecule has 0 spiro atoms. The summed E-state index contributed by atoms with van der Waals surface area (Å²) >= 11 is 5.63. The number of methoxy groups -OCH3 is 2. The number of fused-ring (bicyclic) bond motifs is 3. The van der Waals surface area contributed by atoms with E-state index in [0.29, 0.717) is 0 Å². The molecule has 0 radical (unpaired) electrons. The zero-order chi connectivity index (χ0) is 21.5. The van der Waals surface area contributed by atoms with Gasteiger partial charge in [-0.3, -0.25) is 9.69 Å². The average molecular weight is 456 g/mol. The Hall–Kier alpha value is -2.48. The van der Waals surface area contributed by atoms with Gasteiger partial charge in [-0.15, -0.1) is 0 Å². The molecule has 0 atom stereocenters. The minimum atomic E-state index is -0.517. The lowest BCUT2D eigenvalue weighted by Gasteiger charge is -2.42. The molecule has 0 N–H and O–H groups in total. The first-order chi connectivity index (χ1) is 14.4. The highest BCUT2D eigenvalue weighted by atomic mass is 32.9. The van der Waals surface area contributed by atoms with Crippen LogP contribution in [-0.2, 0) is 10.3 Å². The van der Waals surface area contributed by atoms with E-state index in [2.05, 4.69) is 13.8 Å². The van der Waals surface area contributed by atoms with Crippen LogP contribution in [-0.4, -0.2) is 20.1 Å². The average Bonchev–Trinajstić information content (AvgIpc) is 3.15. The summed E-state index contributed by atoms with van der Waals surface area (Å²) in [6.45, 7) is 4.13. The largest absolute Gasteiger partial charge is 0.497 e. The Labute approximate surface area is 188 Å². The molecule has 1 aliphatic rings. The molecule has 4 nitrogen and oxygen atoms in total. The molecule has 7 heteroatoms. The molecule has 0 saturated heterocycles. The van der Waals surface area contributed by atoms with Crippen LogP contribution in [0.3, 0.4) is 0 Å². The minimum Gasteiger partial charge on any atom is -0.497 e. The molecule has 1 aliphatic heterocycles. The molecule has 0 fully saturated rings. The summed E-state index contributed by atoms with van der Waals surface area (Å²) in [7, 11) is 6.49. The molecule has 2 aromatic carbocycles. The van der Waals surface area contributed by atoms with E-state index in [0.717, 1.165) is 42.6 Å². The van der Waals surface area contributed by atoms with Gasteiger partial charge in [0.25, 0.3) is 5.91 Å². The van der Waals surface area contributed by atoms with Crippen LogP contribution in [0.2, 0.25) is 0 Å². The Morgan fingerprint density at radius 2 is 1.70 bits per heavy atom. The predicted molar refractivity (Wildman–Crippen MR) is 128 cm³/mol. The molecule has 4 rings (SSSR count). The van der Waals surface area contributed by atoms with Crippen molar-refractivity contribution in [2.75, 3.05) is 19.1 Å². The van der Waals surface area contributed by atoms with Crippen molar-refractivity contribution in [2.24, 2.45) is 0 Å².